The van der Waals surface area contributed by atoms with Crippen LogP contribution in [0.2, 0.25) is 0 Å². The highest BCUT2D eigenvalue weighted by Gasteiger charge is 2.44. The van der Waals surface area contributed by atoms with Crippen molar-refractivity contribution in [2.24, 2.45) is 11.8 Å². The zero-order valence-electron chi connectivity index (χ0n) is 11.4. The molecule has 19 heavy (non-hydrogen) atoms. The quantitative estimate of drug-likeness (QED) is 0.640. The standard InChI is InChI=1S/C14H22N4O/c1-10-8-16-13(17-9-10)12(18-15)11-3-6-19-14(7-11)4-2-5-14/h8-9,11-12,18H,2-7,15H2,1H3. The van der Waals surface area contributed by atoms with Crippen molar-refractivity contribution in [1.82, 2.24) is 15.4 Å². The van der Waals surface area contributed by atoms with Gasteiger partial charge in [-0.25, -0.2) is 15.4 Å². The van der Waals surface area contributed by atoms with Crippen LogP contribution in [0.25, 0.3) is 0 Å². The number of hydrogen-bond acceptors (Lipinski definition) is 5. The fraction of sp³-hybridized carbons (Fsp3) is 0.714. The summed E-state index contributed by atoms with van der Waals surface area (Å²) in [6.45, 7) is 2.82. The lowest BCUT2D eigenvalue weighted by Crippen LogP contribution is -2.49. The van der Waals surface area contributed by atoms with Gasteiger partial charge >= 0.3 is 0 Å². The van der Waals surface area contributed by atoms with E-state index < -0.39 is 0 Å². The van der Waals surface area contributed by atoms with Gasteiger partial charge in [0.05, 0.1) is 11.6 Å². The van der Waals surface area contributed by atoms with E-state index in [4.69, 9.17) is 10.6 Å². The number of rotatable bonds is 3. The van der Waals surface area contributed by atoms with Crippen LogP contribution in [0.1, 0.15) is 49.5 Å². The Labute approximate surface area is 113 Å². The molecule has 2 unspecified atom stereocenters. The number of hydrogen-bond donors (Lipinski definition) is 2. The maximum Gasteiger partial charge on any atom is 0.146 e. The summed E-state index contributed by atoms with van der Waals surface area (Å²) in [5.41, 5.74) is 4.11. The SMILES string of the molecule is Cc1cnc(C(NN)C2CCOC3(CCC3)C2)nc1. The second kappa shape index (κ2) is 5.15. The van der Waals surface area contributed by atoms with Crippen molar-refractivity contribution in [3.63, 3.8) is 0 Å². The molecule has 1 saturated carbocycles. The molecule has 0 aromatic carbocycles. The highest BCUT2D eigenvalue weighted by Crippen LogP contribution is 2.46. The summed E-state index contributed by atoms with van der Waals surface area (Å²) in [6.07, 6.45) is 9.46. The average Bonchev–Trinajstić information content (AvgIpc) is 2.40. The summed E-state index contributed by atoms with van der Waals surface area (Å²) >= 11 is 0. The normalized spacial score (nSPS) is 26.9. The predicted octanol–water partition coefficient (Wildman–Crippen LogP) is 1.64. The number of nitrogens with zero attached hydrogens (tertiary/aromatic N) is 2. The fourth-order valence-electron chi connectivity index (χ4n) is 3.25. The summed E-state index contributed by atoms with van der Waals surface area (Å²) in [4.78, 5) is 8.84. The zero-order chi connectivity index (χ0) is 13.3. The summed E-state index contributed by atoms with van der Waals surface area (Å²) < 4.78 is 5.97. The Kier molecular flexibility index (Phi) is 3.52. The second-order valence-electron chi connectivity index (χ2n) is 5.90. The van der Waals surface area contributed by atoms with Gasteiger partial charge in [0.2, 0.25) is 0 Å². The highest BCUT2D eigenvalue weighted by atomic mass is 16.5. The van der Waals surface area contributed by atoms with Crippen molar-refractivity contribution in [3.8, 4) is 0 Å². The van der Waals surface area contributed by atoms with Gasteiger partial charge < -0.3 is 4.74 Å². The Balaban J connectivity index is 1.76. The van der Waals surface area contributed by atoms with Gasteiger partial charge in [-0.2, -0.15) is 0 Å². The van der Waals surface area contributed by atoms with E-state index in [0.29, 0.717) is 5.92 Å². The van der Waals surface area contributed by atoms with Crippen LogP contribution >= 0.6 is 0 Å². The average molecular weight is 262 g/mol. The Morgan fingerprint density at radius 2 is 2.16 bits per heavy atom. The van der Waals surface area contributed by atoms with Crippen molar-refractivity contribution in [2.75, 3.05) is 6.61 Å². The predicted molar refractivity (Wildman–Crippen MR) is 72.1 cm³/mol. The van der Waals surface area contributed by atoms with Crippen LogP contribution in [0.15, 0.2) is 12.4 Å². The fourth-order valence-corrected chi connectivity index (χ4v) is 3.25. The number of nitrogens with one attached hydrogen (secondary N) is 1. The maximum atomic E-state index is 5.97. The van der Waals surface area contributed by atoms with Crippen molar-refractivity contribution in [3.05, 3.63) is 23.8 Å². The molecule has 104 valence electrons. The number of nitrogens with two attached hydrogens (primary N) is 1. The van der Waals surface area contributed by atoms with Crippen molar-refractivity contribution >= 4 is 0 Å². The van der Waals surface area contributed by atoms with E-state index in [9.17, 15) is 0 Å². The van der Waals surface area contributed by atoms with Gasteiger partial charge in [-0.05, 0) is 50.5 Å². The van der Waals surface area contributed by atoms with Crippen molar-refractivity contribution in [1.29, 1.82) is 0 Å². The lowest BCUT2D eigenvalue weighted by molar-refractivity contribution is -0.147. The van der Waals surface area contributed by atoms with Gasteiger partial charge in [0, 0.05) is 19.0 Å². The first-order chi connectivity index (χ1) is 9.22. The number of ether oxygens (including phenoxy) is 1. The van der Waals surface area contributed by atoms with Gasteiger partial charge in [-0.15, -0.1) is 0 Å². The minimum Gasteiger partial charge on any atom is -0.375 e. The third-order valence-electron chi connectivity index (χ3n) is 4.53. The second-order valence-corrected chi connectivity index (χ2v) is 5.90. The molecule has 3 N–H and O–H groups in total. The van der Waals surface area contributed by atoms with E-state index >= 15 is 0 Å². The van der Waals surface area contributed by atoms with Crippen molar-refractivity contribution in [2.45, 2.75) is 50.7 Å². The van der Waals surface area contributed by atoms with Gasteiger partial charge in [0.1, 0.15) is 5.82 Å². The van der Waals surface area contributed by atoms with Crippen molar-refractivity contribution < 1.29 is 4.74 Å². The number of aryl methyl sites for hydroxylation is 1. The Morgan fingerprint density at radius 3 is 2.74 bits per heavy atom. The molecule has 2 heterocycles. The Hall–Kier alpha value is -1.04. The van der Waals surface area contributed by atoms with Crippen LogP contribution in [-0.2, 0) is 4.74 Å². The van der Waals surface area contributed by atoms with Gasteiger partial charge in [-0.3, -0.25) is 5.84 Å². The molecule has 2 fully saturated rings. The molecule has 1 aliphatic heterocycles. The zero-order valence-corrected chi connectivity index (χ0v) is 11.4. The monoisotopic (exact) mass is 262 g/mol. The highest BCUT2D eigenvalue weighted by molar-refractivity contribution is 5.07. The molecule has 5 heteroatoms. The van der Waals surface area contributed by atoms with Gasteiger partial charge in [-0.1, -0.05) is 0 Å². The van der Waals surface area contributed by atoms with E-state index in [1.54, 1.807) is 0 Å². The molecule has 3 rings (SSSR count). The number of aromatic nitrogens is 2. The third kappa shape index (κ3) is 2.50. The molecule has 0 bridgehead atoms. The maximum absolute atomic E-state index is 5.97. The topological polar surface area (TPSA) is 73.1 Å². The van der Waals surface area contributed by atoms with Crippen LogP contribution in [0.5, 0.6) is 0 Å². The third-order valence-corrected chi connectivity index (χ3v) is 4.53. The first-order valence-corrected chi connectivity index (χ1v) is 7.11. The van der Waals surface area contributed by atoms with Crippen LogP contribution in [0, 0.1) is 12.8 Å². The molecule has 0 amide bonds. The Bertz CT molecular complexity index is 430. The van der Waals surface area contributed by atoms with Crippen LogP contribution in [0.3, 0.4) is 0 Å². The molecular weight excluding hydrogens is 240 g/mol. The van der Waals surface area contributed by atoms with E-state index in [1.165, 1.54) is 19.3 Å². The molecule has 1 spiro atoms. The van der Waals surface area contributed by atoms with E-state index in [-0.39, 0.29) is 11.6 Å². The molecule has 2 atom stereocenters. The minimum atomic E-state index is 0.0296. The lowest BCUT2D eigenvalue weighted by Gasteiger charge is -2.48. The minimum absolute atomic E-state index is 0.0296. The summed E-state index contributed by atoms with van der Waals surface area (Å²) in [7, 11) is 0. The molecule has 0 radical (unpaired) electrons. The largest absolute Gasteiger partial charge is 0.375 e. The molecule has 2 aliphatic rings. The first kappa shape index (κ1) is 13.0. The van der Waals surface area contributed by atoms with Crippen LogP contribution in [0.4, 0.5) is 0 Å². The summed E-state index contributed by atoms with van der Waals surface area (Å²) in [5.74, 6) is 7.01. The molecule has 1 aromatic rings. The van der Waals surface area contributed by atoms with E-state index in [1.807, 2.05) is 19.3 Å². The summed E-state index contributed by atoms with van der Waals surface area (Å²) in [5, 5.41) is 0. The number of hydrazine groups is 1. The van der Waals surface area contributed by atoms with E-state index in [0.717, 1.165) is 30.8 Å². The van der Waals surface area contributed by atoms with Gasteiger partial charge in [0.25, 0.3) is 0 Å². The lowest BCUT2D eigenvalue weighted by atomic mass is 9.70. The first-order valence-electron chi connectivity index (χ1n) is 7.11. The Morgan fingerprint density at radius 1 is 1.42 bits per heavy atom. The van der Waals surface area contributed by atoms with Crippen LogP contribution < -0.4 is 11.3 Å². The van der Waals surface area contributed by atoms with Gasteiger partial charge in [0.15, 0.2) is 0 Å². The van der Waals surface area contributed by atoms with Crippen LogP contribution in [-0.4, -0.2) is 22.2 Å². The molecular formula is C14H22N4O. The smallest absolute Gasteiger partial charge is 0.146 e. The molecule has 5 nitrogen and oxygen atoms in total. The molecule has 1 saturated heterocycles. The molecule has 1 aromatic heterocycles. The van der Waals surface area contributed by atoms with E-state index in [2.05, 4.69) is 15.4 Å². The molecule has 1 aliphatic carbocycles. The summed E-state index contributed by atoms with van der Waals surface area (Å²) in [6, 6.07) is 0.0296.